The van der Waals surface area contributed by atoms with Crippen molar-refractivity contribution in [1.82, 2.24) is 0 Å². The summed E-state index contributed by atoms with van der Waals surface area (Å²) >= 11 is 7.05. The van der Waals surface area contributed by atoms with E-state index in [9.17, 15) is 9.59 Å². The third kappa shape index (κ3) is 4.31. The lowest BCUT2D eigenvalue weighted by Crippen LogP contribution is -2.08. The van der Waals surface area contributed by atoms with Crippen LogP contribution in [-0.4, -0.2) is 17.0 Å². The fraction of sp³-hybridized carbons (Fsp3) is 0.100. The van der Waals surface area contributed by atoms with Gasteiger partial charge in [-0.25, -0.2) is 4.79 Å². The molecule has 0 spiro atoms. The summed E-state index contributed by atoms with van der Waals surface area (Å²) in [5.74, 6) is -1.32. The topological polar surface area (TPSA) is 63.6 Å². The van der Waals surface area contributed by atoms with Crippen LogP contribution in [0.4, 0.5) is 0 Å². The maximum Gasteiger partial charge on any atom is 0.335 e. The predicted molar refractivity (Wildman–Crippen MR) is 106 cm³/mol. The first-order chi connectivity index (χ1) is 12.4. The molecular formula is C20H14Br2O4. The van der Waals surface area contributed by atoms with Crippen LogP contribution in [0.15, 0.2) is 63.5 Å². The Morgan fingerprint density at radius 3 is 2.12 bits per heavy atom. The van der Waals surface area contributed by atoms with Crippen molar-refractivity contribution in [2.75, 3.05) is 0 Å². The van der Waals surface area contributed by atoms with Gasteiger partial charge in [0.25, 0.3) is 0 Å². The molecule has 3 aromatic rings. The Morgan fingerprint density at radius 1 is 0.846 bits per heavy atom. The Balaban J connectivity index is 1.65. The Bertz CT molecular complexity index is 981. The largest absolute Gasteiger partial charge is 0.478 e. The second kappa shape index (κ2) is 8.01. The van der Waals surface area contributed by atoms with E-state index >= 15 is 0 Å². The van der Waals surface area contributed by atoms with Crippen molar-refractivity contribution < 1.29 is 19.4 Å². The molecule has 26 heavy (non-hydrogen) atoms. The molecule has 0 bridgehead atoms. The molecule has 0 saturated carbocycles. The normalized spacial score (nSPS) is 10.7. The van der Waals surface area contributed by atoms with Crippen LogP contribution >= 0.6 is 31.9 Å². The molecule has 0 radical (unpaired) electrons. The zero-order valence-corrected chi connectivity index (χ0v) is 16.7. The maximum atomic E-state index is 12.1. The lowest BCUT2D eigenvalue weighted by Gasteiger charge is -2.08. The van der Waals surface area contributed by atoms with Crippen LogP contribution in [0.5, 0.6) is 0 Å². The van der Waals surface area contributed by atoms with E-state index in [1.54, 1.807) is 12.1 Å². The minimum absolute atomic E-state index is 0.113. The number of fused-ring (bicyclic) bond motifs is 1. The molecule has 0 aromatic heterocycles. The van der Waals surface area contributed by atoms with E-state index in [4.69, 9.17) is 9.84 Å². The molecule has 4 nitrogen and oxygen atoms in total. The minimum Gasteiger partial charge on any atom is -0.478 e. The van der Waals surface area contributed by atoms with Gasteiger partial charge in [0.15, 0.2) is 0 Å². The molecule has 0 aliphatic heterocycles. The first-order valence-electron chi connectivity index (χ1n) is 7.78. The molecule has 0 heterocycles. The van der Waals surface area contributed by atoms with Crippen LogP contribution in [0, 0.1) is 0 Å². The molecular weight excluding hydrogens is 464 g/mol. The standard InChI is InChI=1S/C20H14Br2O4/c21-17-7-8-18(22)16-9-13(3-6-15(16)17)10-19(23)26-11-12-1-4-14(5-2-12)20(24)25/h1-9H,10-11H2,(H,24,25). The number of halogens is 2. The predicted octanol–water partition coefficient (Wildman–Crippen LogP) is 5.35. The van der Waals surface area contributed by atoms with Gasteiger partial charge in [-0.1, -0.05) is 56.1 Å². The van der Waals surface area contributed by atoms with Gasteiger partial charge in [-0.2, -0.15) is 0 Å². The molecule has 0 aliphatic rings. The molecule has 132 valence electrons. The van der Waals surface area contributed by atoms with Crippen molar-refractivity contribution >= 4 is 54.6 Å². The molecule has 6 heteroatoms. The molecule has 3 rings (SSSR count). The SMILES string of the molecule is O=C(Cc1ccc2c(Br)ccc(Br)c2c1)OCc1ccc(C(=O)O)cc1. The van der Waals surface area contributed by atoms with Crippen LogP contribution in [0.3, 0.4) is 0 Å². The smallest absolute Gasteiger partial charge is 0.335 e. The van der Waals surface area contributed by atoms with Crippen molar-refractivity contribution in [2.24, 2.45) is 0 Å². The Labute approximate surface area is 167 Å². The number of aromatic carboxylic acids is 1. The number of carboxylic acids is 1. The Hall–Kier alpha value is -2.18. The Kier molecular flexibility index (Phi) is 5.74. The van der Waals surface area contributed by atoms with E-state index in [1.165, 1.54) is 12.1 Å². The number of rotatable bonds is 5. The minimum atomic E-state index is -0.984. The summed E-state index contributed by atoms with van der Waals surface area (Å²) < 4.78 is 7.25. The Morgan fingerprint density at radius 2 is 1.46 bits per heavy atom. The van der Waals surface area contributed by atoms with Crippen LogP contribution in [0.25, 0.3) is 10.8 Å². The fourth-order valence-corrected chi connectivity index (χ4v) is 3.50. The number of hydrogen-bond acceptors (Lipinski definition) is 3. The summed E-state index contributed by atoms with van der Waals surface area (Å²) in [5.41, 5.74) is 1.81. The number of hydrogen-bond donors (Lipinski definition) is 1. The second-order valence-electron chi connectivity index (χ2n) is 5.75. The number of carboxylic acid groups (broad SMARTS) is 1. The van der Waals surface area contributed by atoms with Gasteiger partial charge < -0.3 is 9.84 Å². The van der Waals surface area contributed by atoms with Crippen LogP contribution in [0.1, 0.15) is 21.5 Å². The van der Waals surface area contributed by atoms with Gasteiger partial charge in [0.1, 0.15) is 6.61 Å². The molecule has 0 aliphatic carbocycles. The van der Waals surface area contributed by atoms with Crippen molar-refractivity contribution in [3.63, 3.8) is 0 Å². The van der Waals surface area contributed by atoms with Gasteiger partial charge in [0.2, 0.25) is 0 Å². The third-order valence-electron chi connectivity index (χ3n) is 3.92. The van der Waals surface area contributed by atoms with Gasteiger partial charge in [0.05, 0.1) is 12.0 Å². The zero-order valence-electron chi connectivity index (χ0n) is 13.5. The van der Waals surface area contributed by atoms with Crippen molar-refractivity contribution in [2.45, 2.75) is 13.0 Å². The van der Waals surface area contributed by atoms with E-state index in [0.717, 1.165) is 30.8 Å². The summed E-state index contributed by atoms with van der Waals surface area (Å²) in [6.45, 7) is 0.113. The molecule has 1 N–H and O–H groups in total. The van der Waals surface area contributed by atoms with Crippen molar-refractivity contribution in [1.29, 1.82) is 0 Å². The van der Waals surface area contributed by atoms with E-state index < -0.39 is 5.97 Å². The van der Waals surface area contributed by atoms with E-state index in [-0.39, 0.29) is 24.6 Å². The number of esters is 1. The average Bonchev–Trinajstić information content (AvgIpc) is 2.63. The monoisotopic (exact) mass is 476 g/mol. The summed E-state index contributed by atoms with van der Waals surface area (Å²) in [6, 6.07) is 16.0. The van der Waals surface area contributed by atoms with Crippen molar-refractivity contribution in [3.05, 3.63) is 80.2 Å². The van der Waals surface area contributed by atoms with E-state index in [1.807, 2.05) is 30.3 Å². The summed E-state index contributed by atoms with van der Waals surface area (Å²) in [7, 11) is 0. The van der Waals surface area contributed by atoms with Crippen LogP contribution in [0.2, 0.25) is 0 Å². The van der Waals surface area contributed by atoms with E-state index in [0.29, 0.717) is 0 Å². The van der Waals surface area contributed by atoms with Crippen molar-refractivity contribution in [3.8, 4) is 0 Å². The van der Waals surface area contributed by atoms with Gasteiger partial charge in [0, 0.05) is 8.95 Å². The van der Waals surface area contributed by atoms with Gasteiger partial charge in [-0.15, -0.1) is 0 Å². The first-order valence-corrected chi connectivity index (χ1v) is 9.37. The lowest BCUT2D eigenvalue weighted by atomic mass is 10.1. The summed E-state index contributed by atoms with van der Waals surface area (Å²) in [6.07, 6.45) is 0.169. The highest BCUT2D eigenvalue weighted by molar-refractivity contribution is 9.11. The average molecular weight is 478 g/mol. The van der Waals surface area contributed by atoms with Crippen LogP contribution in [-0.2, 0) is 22.6 Å². The molecule has 0 unspecified atom stereocenters. The van der Waals surface area contributed by atoms with Gasteiger partial charge in [-0.3, -0.25) is 4.79 Å². The number of carbonyl (C=O) groups excluding carboxylic acids is 1. The highest BCUT2D eigenvalue weighted by Gasteiger charge is 2.09. The quantitative estimate of drug-likeness (QED) is 0.503. The zero-order chi connectivity index (χ0) is 18.7. The molecule has 3 aromatic carbocycles. The molecule has 0 amide bonds. The highest BCUT2D eigenvalue weighted by Crippen LogP contribution is 2.31. The number of carbonyl (C=O) groups is 2. The molecule has 0 saturated heterocycles. The van der Waals surface area contributed by atoms with Crippen LogP contribution < -0.4 is 0 Å². The molecule has 0 fully saturated rings. The van der Waals surface area contributed by atoms with Gasteiger partial charge >= 0.3 is 11.9 Å². The number of benzene rings is 3. The first kappa shape index (κ1) is 18.6. The van der Waals surface area contributed by atoms with Gasteiger partial charge in [-0.05, 0) is 52.2 Å². The fourth-order valence-electron chi connectivity index (χ4n) is 2.56. The summed E-state index contributed by atoms with van der Waals surface area (Å²) in [5, 5.41) is 11.0. The maximum absolute atomic E-state index is 12.1. The summed E-state index contributed by atoms with van der Waals surface area (Å²) in [4.78, 5) is 22.9. The third-order valence-corrected chi connectivity index (χ3v) is 5.31. The highest BCUT2D eigenvalue weighted by atomic mass is 79.9. The number of ether oxygens (including phenoxy) is 1. The van der Waals surface area contributed by atoms with E-state index in [2.05, 4.69) is 31.9 Å². The lowest BCUT2D eigenvalue weighted by molar-refractivity contribution is -0.144. The second-order valence-corrected chi connectivity index (χ2v) is 7.46. The molecule has 0 atom stereocenters.